The number of rotatable bonds is 8. The van der Waals surface area contributed by atoms with E-state index in [2.05, 4.69) is 5.32 Å². The SMILES string of the molecule is Cc1c(Cl)cccc1N(CC(=O)N(Cc1ccc(Cl)c(Cl)c1)[C@@H](C)C(=O)NC(C)(C)C)S(C)(=O)=O. The molecule has 0 saturated heterocycles. The molecule has 7 nitrogen and oxygen atoms in total. The minimum atomic E-state index is -3.86. The van der Waals surface area contributed by atoms with Gasteiger partial charge in [-0.05, 0) is 70.0 Å². The molecule has 0 bridgehead atoms. The van der Waals surface area contributed by atoms with E-state index < -0.39 is 34.1 Å². The Morgan fingerprint density at radius 2 is 1.66 bits per heavy atom. The highest BCUT2D eigenvalue weighted by Crippen LogP contribution is 2.29. The lowest BCUT2D eigenvalue weighted by Gasteiger charge is -2.33. The van der Waals surface area contributed by atoms with Crippen LogP contribution in [0.3, 0.4) is 0 Å². The molecule has 0 aliphatic heterocycles. The summed E-state index contributed by atoms with van der Waals surface area (Å²) in [4.78, 5) is 27.9. The summed E-state index contributed by atoms with van der Waals surface area (Å²) in [7, 11) is -3.86. The molecule has 0 aromatic heterocycles. The Morgan fingerprint density at radius 3 is 2.20 bits per heavy atom. The first-order valence-corrected chi connectivity index (χ1v) is 13.8. The van der Waals surface area contributed by atoms with Crippen molar-refractivity contribution < 1.29 is 18.0 Å². The smallest absolute Gasteiger partial charge is 0.244 e. The van der Waals surface area contributed by atoms with E-state index in [1.165, 1.54) is 4.90 Å². The van der Waals surface area contributed by atoms with Gasteiger partial charge >= 0.3 is 0 Å². The zero-order valence-electron chi connectivity index (χ0n) is 20.5. The summed E-state index contributed by atoms with van der Waals surface area (Å²) >= 11 is 18.4. The maximum absolute atomic E-state index is 13.6. The lowest BCUT2D eigenvalue weighted by molar-refractivity contribution is -0.140. The fourth-order valence-electron chi connectivity index (χ4n) is 3.35. The molecule has 0 aliphatic rings. The highest BCUT2D eigenvalue weighted by molar-refractivity contribution is 7.92. The summed E-state index contributed by atoms with van der Waals surface area (Å²) in [5, 5.41) is 3.89. The first kappa shape index (κ1) is 29.2. The van der Waals surface area contributed by atoms with Gasteiger partial charge < -0.3 is 10.2 Å². The van der Waals surface area contributed by atoms with Crippen LogP contribution in [0.5, 0.6) is 0 Å². The van der Waals surface area contributed by atoms with Crippen molar-refractivity contribution in [3.8, 4) is 0 Å². The van der Waals surface area contributed by atoms with E-state index in [0.29, 0.717) is 26.2 Å². The number of amides is 2. The number of carbonyl (C=O) groups excluding carboxylic acids is 2. The van der Waals surface area contributed by atoms with Crippen LogP contribution in [0, 0.1) is 6.92 Å². The minimum Gasteiger partial charge on any atom is -0.350 e. The summed E-state index contributed by atoms with van der Waals surface area (Å²) in [5.41, 5.74) is 0.907. The molecule has 2 aromatic rings. The number of hydrogen-bond donors (Lipinski definition) is 1. The van der Waals surface area contributed by atoms with E-state index >= 15 is 0 Å². The van der Waals surface area contributed by atoms with Crippen molar-refractivity contribution in [1.29, 1.82) is 0 Å². The molecule has 0 radical (unpaired) electrons. The van der Waals surface area contributed by atoms with Gasteiger partial charge in [-0.25, -0.2) is 8.42 Å². The number of halogens is 3. The normalized spacial score (nSPS) is 12.7. The lowest BCUT2D eigenvalue weighted by atomic mass is 10.1. The Balaban J connectivity index is 2.47. The van der Waals surface area contributed by atoms with Crippen LogP contribution >= 0.6 is 34.8 Å². The van der Waals surface area contributed by atoms with Crippen molar-refractivity contribution >= 4 is 62.3 Å². The molecule has 2 aromatic carbocycles. The van der Waals surface area contributed by atoms with Gasteiger partial charge in [-0.15, -0.1) is 0 Å². The highest BCUT2D eigenvalue weighted by Gasteiger charge is 2.32. The molecule has 2 amide bonds. The van der Waals surface area contributed by atoms with E-state index in [1.54, 1.807) is 50.2 Å². The molecule has 1 N–H and O–H groups in total. The van der Waals surface area contributed by atoms with E-state index in [9.17, 15) is 18.0 Å². The zero-order valence-corrected chi connectivity index (χ0v) is 23.6. The van der Waals surface area contributed by atoms with Crippen molar-refractivity contribution in [2.24, 2.45) is 0 Å². The zero-order chi connectivity index (χ0) is 26.7. The third kappa shape index (κ3) is 8.00. The van der Waals surface area contributed by atoms with E-state index in [-0.39, 0.29) is 18.1 Å². The number of carbonyl (C=O) groups is 2. The van der Waals surface area contributed by atoms with Crippen molar-refractivity contribution in [2.45, 2.75) is 52.7 Å². The molecule has 2 rings (SSSR count). The Labute approximate surface area is 222 Å². The van der Waals surface area contributed by atoms with Crippen molar-refractivity contribution in [2.75, 3.05) is 17.1 Å². The van der Waals surface area contributed by atoms with Crippen molar-refractivity contribution in [3.63, 3.8) is 0 Å². The second kappa shape index (κ2) is 11.4. The Kier molecular flexibility index (Phi) is 9.50. The van der Waals surface area contributed by atoms with E-state index in [0.717, 1.165) is 10.6 Å². The molecule has 35 heavy (non-hydrogen) atoms. The van der Waals surface area contributed by atoms with Gasteiger partial charge in [-0.3, -0.25) is 13.9 Å². The number of anilines is 1. The molecule has 1 atom stereocenters. The molecule has 0 aliphatic carbocycles. The summed E-state index contributed by atoms with van der Waals surface area (Å²) in [6.07, 6.45) is 1.01. The predicted octanol–water partition coefficient (Wildman–Crippen LogP) is 5.05. The Morgan fingerprint density at radius 1 is 1.03 bits per heavy atom. The fourth-order valence-corrected chi connectivity index (χ4v) is 4.74. The lowest BCUT2D eigenvalue weighted by Crippen LogP contribution is -2.54. The molecule has 11 heteroatoms. The quantitative estimate of drug-likeness (QED) is 0.488. The molecular weight excluding hydrogens is 533 g/mol. The summed E-state index contributed by atoms with van der Waals surface area (Å²) in [6.45, 7) is 8.25. The monoisotopic (exact) mass is 561 g/mol. The third-order valence-corrected chi connectivity index (χ3v) is 7.46. The van der Waals surface area contributed by atoms with Gasteiger partial charge in [-0.1, -0.05) is 46.9 Å². The van der Waals surface area contributed by atoms with E-state index in [1.807, 2.05) is 20.8 Å². The predicted molar refractivity (Wildman–Crippen MR) is 143 cm³/mol. The van der Waals surface area contributed by atoms with Crippen LogP contribution in [0.15, 0.2) is 36.4 Å². The largest absolute Gasteiger partial charge is 0.350 e. The Bertz CT molecular complexity index is 1210. The van der Waals surface area contributed by atoms with Gasteiger partial charge in [0.25, 0.3) is 0 Å². The molecule has 0 spiro atoms. The first-order valence-electron chi connectivity index (χ1n) is 10.8. The van der Waals surface area contributed by atoms with Gasteiger partial charge in [0.1, 0.15) is 12.6 Å². The summed E-state index contributed by atoms with van der Waals surface area (Å²) in [6, 6.07) is 8.82. The van der Waals surface area contributed by atoms with Crippen molar-refractivity contribution in [3.05, 3.63) is 62.6 Å². The number of benzene rings is 2. The first-order chi connectivity index (χ1) is 16.0. The topological polar surface area (TPSA) is 86.8 Å². The van der Waals surface area contributed by atoms with Gasteiger partial charge in [0.05, 0.1) is 22.0 Å². The van der Waals surface area contributed by atoms with Crippen LogP contribution in [0.1, 0.15) is 38.8 Å². The molecule has 0 fully saturated rings. The molecule has 192 valence electrons. The molecule has 0 unspecified atom stereocenters. The maximum atomic E-state index is 13.6. The van der Waals surface area contributed by atoms with Gasteiger partial charge in [-0.2, -0.15) is 0 Å². The summed E-state index contributed by atoms with van der Waals surface area (Å²) < 4.78 is 26.4. The van der Waals surface area contributed by atoms with E-state index in [4.69, 9.17) is 34.8 Å². The maximum Gasteiger partial charge on any atom is 0.244 e. The van der Waals surface area contributed by atoms with Gasteiger partial charge in [0, 0.05) is 17.1 Å². The average molecular weight is 563 g/mol. The third-order valence-electron chi connectivity index (χ3n) is 5.19. The Hall–Kier alpha value is -2.00. The standard InChI is InChI=1S/C24H30Cl3N3O4S/c1-15-18(25)8-7-9-21(15)30(35(6,33)34)14-22(31)29(16(2)23(32)28-24(3,4)5)13-17-10-11-19(26)20(27)12-17/h7-12,16H,13-14H2,1-6H3,(H,28,32)/t16-/m0/s1. The minimum absolute atomic E-state index is 0.0145. The molecule has 0 saturated carbocycles. The fraction of sp³-hybridized carbons (Fsp3) is 0.417. The van der Waals surface area contributed by atoms with Crippen LogP contribution < -0.4 is 9.62 Å². The molecular formula is C24H30Cl3N3O4S. The number of nitrogens with zero attached hydrogens (tertiary/aromatic N) is 2. The highest BCUT2D eigenvalue weighted by atomic mass is 35.5. The van der Waals surface area contributed by atoms with Crippen molar-refractivity contribution in [1.82, 2.24) is 10.2 Å². The van der Waals surface area contributed by atoms with Crippen LogP contribution in [0.2, 0.25) is 15.1 Å². The van der Waals surface area contributed by atoms with Gasteiger partial charge in [0.15, 0.2) is 0 Å². The molecule has 0 heterocycles. The van der Waals surface area contributed by atoms with Gasteiger partial charge in [0.2, 0.25) is 21.8 Å². The number of hydrogen-bond acceptors (Lipinski definition) is 4. The second-order valence-electron chi connectivity index (χ2n) is 9.34. The average Bonchev–Trinajstić information content (AvgIpc) is 2.72. The number of sulfonamides is 1. The van der Waals surface area contributed by atoms with Crippen LogP contribution in [-0.2, 0) is 26.2 Å². The second-order valence-corrected chi connectivity index (χ2v) is 12.5. The van der Waals surface area contributed by atoms with Crippen LogP contribution in [-0.4, -0.2) is 49.5 Å². The number of nitrogens with one attached hydrogen (secondary N) is 1. The van der Waals surface area contributed by atoms with Crippen LogP contribution in [0.25, 0.3) is 0 Å². The van der Waals surface area contributed by atoms with Crippen LogP contribution in [0.4, 0.5) is 5.69 Å². The summed E-state index contributed by atoms with van der Waals surface area (Å²) in [5.74, 6) is -0.951.